The third-order valence-electron chi connectivity index (χ3n) is 4.27. The maximum atomic E-state index is 6.01. The summed E-state index contributed by atoms with van der Waals surface area (Å²) in [5.41, 5.74) is 8.69. The number of nitrogens with two attached hydrogens (primary N) is 1. The zero-order valence-electron chi connectivity index (χ0n) is 15.5. The maximum Gasteiger partial charge on any atom is 0.169 e. The summed E-state index contributed by atoms with van der Waals surface area (Å²) in [5, 5.41) is 12.2. The molecule has 4 rings (SSSR count). The number of nitrogens with zero attached hydrogens (tertiary/aromatic N) is 6. The molecule has 27 heavy (non-hydrogen) atoms. The van der Waals surface area contributed by atoms with Gasteiger partial charge in [-0.3, -0.25) is 9.36 Å². The second-order valence-electron chi connectivity index (χ2n) is 6.59. The van der Waals surface area contributed by atoms with Gasteiger partial charge in [0.2, 0.25) is 0 Å². The van der Waals surface area contributed by atoms with E-state index in [-0.39, 0.29) is 0 Å². The van der Waals surface area contributed by atoms with Crippen LogP contribution in [0, 0.1) is 0 Å². The lowest BCUT2D eigenvalue weighted by atomic mass is 10.2. The molecule has 0 aromatic carbocycles. The molecule has 0 aliphatic heterocycles. The van der Waals surface area contributed by atoms with E-state index in [4.69, 9.17) is 5.73 Å². The normalized spacial score (nSPS) is 11.6. The highest BCUT2D eigenvalue weighted by atomic mass is 32.1. The SMILES string of the molecule is CCn1cc2sc(CNc3nc(-c4cnn(C(C)C)c4)cnc3N)cc2n1. The van der Waals surface area contributed by atoms with Gasteiger partial charge in [0.15, 0.2) is 11.6 Å². The standard InChI is InChI=1S/C18H22N8S/c1-4-25-10-16-14(24-25)5-13(27-16)7-21-18-17(19)20-8-15(23-18)12-6-22-26(9-12)11(2)3/h5-6,8-11H,4,7H2,1-3H3,(H2,19,20)(H,21,23). The van der Waals surface area contributed by atoms with Crippen molar-refractivity contribution in [2.45, 2.75) is 39.9 Å². The Labute approximate surface area is 161 Å². The number of fused-ring (bicyclic) bond motifs is 1. The van der Waals surface area contributed by atoms with Crippen LogP contribution in [0.15, 0.2) is 30.9 Å². The molecule has 0 fully saturated rings. The first kappa shape index (κ1) is 17.5. The third-order valence-corrected chi connectivity index (χ3v) is 5.33. The molecule has 4 aromatic heterocycles. The van der Waals surface area contributed by atoms with Gasteiger partial charge in [0, 0.05) is 35.4 Å². The number of anilines is 2. The molecule has 0 saturated heterocycles. The first-order valence-electron chi connectivity index (χ1n) is 8.90. The first-order chi connectivity index (χ1) is 13.0. The van der Waals surface area contributed by atoms with Gasteiger partial charge in [-0.25, -0.2) is 9.97 Å². The highest BCUT2D eigenvalue weighted by molar-refractivity contribution is 7.19. The summed E-state index contributed by atoms with van der Waals surface area (Å²) >= 11 is 1.72. The lowest BCUT2D eigenvalue weighted by molar-refractivity contribution is 0.532. The fraction of sp³-hybridized carbons (Fsp3) is 0.333. The predicted octanol–water partition coefficient (Wildman–Crippen LogP) is 3.55. The summed E-state index contributed by atoms with van der Waals surface area (Å²) < 4.78 is 5.03. The fourth-order valence-electron chi connectivity index (χ4n) is 2.76. The minimum atomic E-state index is 0.296. The smallest absolute Gasteiger partial charge is 0.169 e. The van der Waals surface area contributed by atoms with Gasteiger partial charge in [0.25, 0.3) is 0 Å². The zero-order chi connectivity index (χ0) is 19.0. The summed E-state index contributed by atoms with van der Waals surface area (Å²) in [6, 6.07) is 2.39. The molecule has 0 bridgehead atoms. The Hall–Kier alpha value is -2.94. The molecule has 0 saturated carbocycles. The lowest BCUT2D eigenvalue weighted by Crippen LogP contribution is -2.06. The predicted molar refractivity (Wildman–Crippen MR) is 109 cm³/mol. The van der Waals surface area contributed by atoms with Gasteiger partial charge < -0.3 is 11.1 Å². The molecule has 140 valence electrons. The van der Waals surface area contributed by atoms with Crippen molar-refractivity contribution < 1.29 is 0 Å². The van der Waals surface area contributed by atoms with E-state index in [9.17, 15) is 0 Å². The molecule has 3 N–H and O–H groups in total. The van der Waals surface area contributed by atoms with E-state index in [2.05, 4.69) is 58.5 Å². The number of hydrogen-bond acceptors (Lipinski definition) is 7. The number of nitrogens with one attached hydrogen (secondary N) is 1. The lowest BCUT2D eigenvalue weighted by Gasteiger charge is -2.08. The van der Waals surface area contributed by atoms with Crippen LogP contribution in [0.5, 0.6) is 0 Å². The molecule has 8 nitrogen and oxygen atoms in total. The molecule has 0 radical (unpaired) electrons. The maximum absolute atomic E-state index is 6.01. The largest absolute Gasteiger partial charge is 0.381 e. The highest BCUT2D eigenvalue weighted by Gasteiger charge is 2.11. The number of hydrogen-bond donors (Lipinski definition) is 2. The highest BCUT2D eigenvalue weighted by Crippen LogP contribution is 2.26. The van der Waals surface area contributed by atoms with E-state index < -0.39 is 0 Å². The van der Waals surface area contributed by atoms with Gasteiger partial charge in [0.05, 0.1) is 29.3 Å². The van der Waals surface area contributed by atoms with Gasteiger partial charge in [-0.05, 0) is 26.8 Å². The first-order valence-corrected chi connectivity index (χ1v) is 9.72. The van der Waals surface area contributed by atoms with Crippen LogP contribution in [0.25, 0.3) is 21.5 Å². The Morgan fingerprint density at radius 3 is 2.81 bits per heavy atom. The van der Waals surface area contributed by atoms with E-state index in [0.29, 0.717) is 24.2 Å². The van der Waals surface area contributed by atoms with Crippen molar-refractivity contribution in [2.75, 3.05) is 11.1 Å². The molecule has 0 aliphatic carbocycles. The van der Waals surface area contributed by atoms with Crippen molar-refractivity contribution in [3.63, 3.8) is 0 Å². The molecule has 0 unspecified atom stereocenters. The monoisotopic (exact) mass is 382 g/mol. The van der Waals surface area contributed by atoms with Crippen molar-refractivity contribution in [3.05, 3.63) is 35.7 Å². The van der Waals surface area contributed by atoms with E-state index in [0.717, 1.165) is 23.3 Å². The Morgan fingerprint density at radius 2 is 2.11 bits per heavy atom. The van der Waals surface area contributed by atoms with Crippen molar-refractivity contribution in [1.29, 1.82) is 0 Å². The Kier molecular flexibility index (Phi) is 4.53. The van der Waals surface area contributed by atoms with E-state index in [1.165, 1.54) is 9.58 Å². The summed E-state index contributed by atoms with van der Waals surface area (Å²) in [7, 11) is 0. The number of aromatic nitrogens is 6. The van der Waals surface area contributed by atoms with E-state index in [1.807, 2.05) is 15.6 Å². The van der Waals surface area contributed by atoms with Gasteiger partial charge >= 0.3 is 0 Å². The van der Waals surface area contributed by atoms with Crippen LogP contribution in [0.4, 0.5) is 11.6 Å². The van der Waals surface area contributed by atoms with Gasteiger partial charge in [-0.15, -0.1) is 11.3 Å². The van der Waals surface area contributed by atoms with Crippen LogP contribution in [-0.4, -0.2) is 29.5 Å². The third kappa shape index (κ3) is 3.50. The van der Waals surface area contributed by atoms with Gasteiger partial charge in [-0.2, -0.15) is 10.2 Å². The van der Waals surface area contributed by atoms with Crippen molar-refractivity contribution >= 4 is 33.2 Å². The molecule has 4 aromatic rings. The topological polar surface area (TPSA) is 99.5 Å². The molecule has 0 atom stereocenters. The molecular formula is C18H22N8S. The number of rotatable bonds is 6. The van der Waals surface area contributed by atoms with Crippen molar-refractivity contribution in [2.24, 2.45) is 0 Å². The average Bonchev–Trinajstić information content (AvgIpc) is 3.35. The van der Waals surface area contributed by atoms with Crippen LogP contribution in [0.1, 0.15) is 31.7 Å². The zero-order valence-corrected chi connectivity index (χ0v) is 16.4. The quantitative estimate of drug-likeness (QED) is 0.529. The summed E-state index contributed by atoms with van der Waals surface area (Å²) in [5.74, 6) is 0.960. The number of aryl methyl sites for hydroxylation is 1. The Bertz CT molecular complexity index is 1040. The van der Waals surface area contributed by atoms with Crippen LogP contribution < -0.4 is 11.1 Å². The second kappa shape index (κ2) is 6.99. The minimum Gasteiger partial charge on any atom is -0.381 e. The minimum absolute atomic E-state index is 0.296. The summed E-state index contributed by atoms with van der Waals surface area (Å²) in [6.45, 7) is 7.75. The van der Waals surface area contributed by atoms with Crippen molar-refractivity contribution in [1.82, 2.24) is 29.5 Å². The summed E-state index contributed by atoms with van der Waals surface area (Å²) in [6.07, 6.45) is 7.51. The fourth-order valence-corrected chi connectivity index (χ4v) is 3.74. The molecule has 0 spiro atoms. The molecule has 9 heteroatoms. The molecule has 0 aliphatic rings. The molecule has 0 amide bonds. The van der Waals surface area contributed by atoms with Crippen LogP contribution >= 0.6 is 11.3 Å². The molecular weight excluding hydrogens is 360 g/mol. The van der Waals surface area contributed by atoms with Crippen LogP contribution in [0.3, 0.4) is 0 Å². The van der Waals surface area contributed by atoms with Crippen LogP contribution in [-0.2, 0) is 13.1 Å². The molecule has 4 heterocycles. The summed E-state index contributed by atoms with van der Waals surface area (Å²) in [4.78, 5) is 10.1. The second-order valence-corrected chi connectivity index (χ2v) is 7.76. The van der Waals surface area contributed by atoms with E-state index >= 15 is 0 Å². The van der Waals surface area contributed by atoms with Crippen molar-refractivity contribution in [3.8, 4) is 11.3 Å². The number of thiophene rings is 1. The number of nitrogen functional groups attached to an aromatic ring is 1. The van der Waals surface area contributed by atoms with Crippen LogP contribution in [0.2, 0.25) is 0 Å². The van der Waals surface area contributed by atoms with Gasteiger partial charge in [-0.1, -0.05) is 0 Å². The Balaban J connectivity index is 1.52. The van der Waals surface area contributed by atoms with Gasteiger partial charge in [0.1, 0.15) is 5.52 Å². The van der Waals surface area contributed by atoms with E-state index in [1.54, 1.807) is 23.7 Å². The Morgan fingerprint density at radius 1 is 1.26 bits per heavy atom. The average molecular weight is 382 g/mol.